The Bertz CT molecular complexity index is 286. The lowest BCUT2D eigenvalue weighted by Gasteiger charge is -2.06. The van der Waals surface area contributed by atoms with Gasteiger partial charge in [0, 0.05) is 6.04 Å². The highest BCUT2D eigenvalue weighted by atomic mass is 19.1. The lowest BCUT2D eigenvalue weighted by molar-refractivity contribution is 0.625. The summed E-state index contributed by atoms with van der Waals surface area (Å²) in [5.74, 6) is -0.289. The van der Waals surface area contributed by atoms with Crippen molar-refractivity contribution < 1.29 is 4.39 Å². The topological polar surface area (TPSA) is 49.8 Å². The highest BCUT2D eigenvalue weighted by Gasteiger charge is 2.03. The standard InChI is InChI=1S/C9H9FN2/c10-8-3-1-7(2-4-8)9(12)5-6-11/h1-4,9H,5,12H2. The van der Waals surface area contributed by atoms with Crippen LogP contribution in [0.5, 0.6) is 0 Å². The van der Waals surface area contributed by atoms with Crippen LogP contribution in [0.1, 0.15) is 18.0 Å². The van der Waals surface area contributed by atoms with E-state index in [-0.39, 0.29) is 18.3 Å². The SMILES string of the molecule is N#CCC(N)c1ccc(F)cc1. The van der Waals surface area contributed by atoms with Crippen molar-refractivity contribution in [1.82, 2.24) is 0 Å². The summed E-state index contributed by atoms with van der Waals surface area (Å²) in [6.45, 7) is 0. The number of benzene rings is 1. The van der Waals surface area contributed by atoms with Crippen molar-refractivity contribution in [2.24, 2.45) is 5.73 Å². The molecule has 0 amide bonds. The molecule has 3 heteroatoms. The Labute approximate surface area is 70.4 Å². The summed E-state index contributed by atoms with van der Waals surface area (Å²) < 4.78 is 12.4. The minimum Gasteiger partial charge on any atom is -0.323 e. The van der Waals surface area contributed by atoms with E-state index in [4.69, 9.17) is 11.0 Å². The highest BCUT2D eigenvalue weighted by Crippen LogP contribution is 2.13. The molecular formula is C9H9FN2. The first-order valence-corrected chi connectivity index (χ1v) is 3.62. The van der Waals surface area contributed by atoms with Gasteiger partial charge < -0.3 is 5.73 Å². The summed E-state index contributed by atoms with van der Waals surface area (Å²) in [5, 5.41) is 8.35. The molecule has 0 saturated carbocycles. The van der Waals surface area contributed by atoms with Crippen molar-refractivity contribution in [1.29, 1.82) is 5.26 Å². The molecule has 1 aromatic rings. The Morgan fingerprint density at radius 2 is 2.00 bits per heavy atom. The van der Waals surface area contributed by atoms with Gasteiger partial charge in [-0.15, -0.1) is 0 Å². The number of halogens is 1. The van der Waals surface area contributed by atoms with Gasteiger partial charge in [-0.2, -0.15) is 5.26 Å². The third-order valence-electron chi connectivity index (χ3n) is 1.61. The van der Waals surface area contributed by atoms with Gasteiger partial charge in [0.15, 0.2) is 0 Å². The van der Waals surface area contributed by atoms with E-state index in [9.17, 15) is 4.39 Å². The predicted octanol–water partition coefficient (Wildman–Crippen LogP) is 1.74. The molecule has 2 N–H and O–H groups in total. The van der Waals surface area contributed by atoms with Gasteiger partial charge in [-0.1, -0.05) is 12.1 Å². The first kappa shape index (κ1) is 8.69. The molecule has 1 unspecified atom stereocenters. The molecule has 2 nitrogen and oxygen atoms in total. The molecular weight excluding hydrogens is 155 g/mol. The zero-order chi connectivity index (χ0) is 8.97. The summed E-state index contributed by atoms with van der Waals surface area (Å²) in [6.07, 6.45) is 0.256. The molecule has 1 aromatic carbocycles. The fourth-order valence-electron chi connectivity index (χ4n) is 0.926. The molecule has 1 atom stereocenters. The van der Waals surface area contributed by atoms with Crippen LogP contribution in [0.4, 0.5) is 4.39 Å². The van der Waals surface area contributed by atoms with Crippen LogP contribution in [0.3, 0.4) is 0 Å². The molecule has 1 rings (SSSR count). The minimum atomic E-state index is -0.310. The second-order valence-electron chi connectivity index (χ2n) is 2.52. The molecule has 62 valence electrons. The maximum absolute atomic E-state index is 12.4. The summed E-state index contributed by atoms with van der Waals surface area (Å²) in [6, 6.07) is 7.52. The smallest absolute Gasteiger partial charge is 0.123 e. The van der Waals surface area contributed by atoms with E-state index in [2.05, 4.69) is 0 Å². The fraction of sp³-hybridized carbons (Fsp3) is 0.222. The van der Waals surface area contributed by atoms with Gasteiger partial charge >= 0.3 is 0 Å². The molecule has 12 heavy (non-hydrogen) atoms. The van der Waals surface area contributed by atoms with Crippen LogP contribution < -0.4 is 5.73 Å². The van der Waals surface area contributed by atoms with E-state index in [0.717, 1.165) is 5.56 Å². The van der Waals surface area contributed by atoms with Crippen molar-refractivity contribution in [3.63, 3.8) is 0 Å². The molecule has 0 aliphatic carbocycles. The van der Waals surface area contributed by atoms with Crippen molar-refractivity contribution in [3.05, 3.63) is 35.6 Å². The van der Waals surface area contributed by atoms with Gasteiger partial charge in [0.25, 0.3) is 0 Å². The zero-order valence-electron chi connectivity index (χ0n) is 6.50. The number of hydrogen-bond donors (Lipinski definition) is 1. The molecule has 0 aliphatic heterocycles. The monoisotopic (exact) mass is 164 g/mol. The first-order valence-electron chi connectivity index (χ1n) is 3.62. The average Bonchev–Trinajstić information content (AvgIpc) is 2.06. The summed E-state index contributed by atoms with van der Waals surface area (Å²) in [5.41, 5.74) is 6.40. The van der Waals surface area contributed by atoms with Crippen LogP contribution >= 0.6 is 0 Å². The van der Waals surface area contributed by atoms with Gasteiger partial charge in [0.05, 0.1) is 12.5 Å². The van der Waals surface area contributed by atoms with E-state index >= 15 is 0 Å². The van der Waals surface area contributed by atoms with Gasteiger partial charge in [-0.3, -0.25) is 0 Å². The van der Waals surface area contributed by atoms with Crippen LogP contribution in [0, 0.1) is 17.1 Å². The molecule has 0 aliphatic rings. The highest BCUT2D eigenvalue weighted by molar-refractivity contribution is 5.20. The second kappa shape index (κ2) is 3.84. The molecule has 0 fully saturated rings. The zero-order valence-corrected chi connectivity index (χ0v) is 6.50. The lowest BCUT2D eigenvalue weighted by Crippen LogP contribution is -2.08. The maximum Gasteiger partial charge on any atom is 0.123 e. The van der Waals surface area contributed by atoms with Gasteiger partial charge in [-0.25, -0.2) is 4.39 Å². The normalized spacial score (nSPS) is 12.1. The Morgan fingerprint density at radius 1 is 1.42 bits per heavy atom. The summed E-state index contributed by atoms with van der Waals surface area (Å²) in [4.78, 5) is 0. The molecule has 0 radical (unpaired) electrons. The summed E-state index contributed by atoms with van der Waals surface area (Å²) in [7, 11) is 0. The average molecular weight is 164 g/mol. The Hall–Kier alpha value is -1.40. The van der Waals surface area contributed by atoms with E-state index in [0.29, 0.717) is 0 Å². The number of rotatable bonds is 2. The third-order valence-corrected chi connectivity index (χ3v) is 1.61. The lowest BCUT2D eigenvalue weighted by atomic mass is 10.1. The van der Waals surface area contributed by atoms with E-state index in [1.807, 2.05) is 6.07 Å². The Morgan fingerprint density at radius 3 is 2.50 bits per heavy atom. The number of hydrogen-bond acceptors (Lipinski definition) is 2. The first-order chi connectivity index (χ1) is 5.74. The van der Waals surface area contributed by atoms with E-state index in [1.165, 1.54) is 12.1 Å². The van der Waals surface area contributed by atoms with Crippen LogP contribution in [0.15, 0.2) is 24.3 Å². The van der Waals surface area contributed by atoms with E-state index in [1.54, 1.807) is 12.1 Å². The van der Waals surface area contributed by atoms with Crippen molar-refractivity contribution in [3.8, 4) is 6.07 Å². The number of nitriles is 1. The van der Waals surface area contributed by atoms with Gasteiger partial charge in [0.1, 0.15) is 5.82 Å². The predicted molar refractivity (Wildman–Crippen MR) is 43.6 cm³/mol. The maximum atomic E-state index is 12.4. The van der Waals surface area contributed by atoms with Crippen molar-refractivity contribution in [2.45, 2.75) is 12.5 Å². The summed E-state index contributed by atoms with van der Waals surface area (Å²) >= 11 is 0. The quantitative estimate of drug-likeness (QED) is 0.723. The van der Waals surface area contributed by atoms with Crippen molar-refractivity contribution >= 4 is 0 Å². The second-order valence-corrected chi connectivity index (χ2v) is 2.52. The molecule has 0 bridgehead atoms. The number of nitrogens with two attached hydrogens (primary N) is 1. The van der Waals surface area contributed by atoms with Crippen LogP contribution in [-0.4, -0.2) is 0 Å². The fourth-order valence-corrected chi connectivity index (χ4v) is 0.926. The Kier molecular flexibility index (Phi) is 2.78. The van der Waals surface area contributed by atoms with Crippen LogP contribution in [-0.2, 0) is 0 Å². The van der Waals surface area contributed by atoms with Crippen LogP contribution in [0.25, 0.3) is 0 Å². The minimum absolute atomic E-state index is 0.256. The third kappa shape index (κ3) is 2.04. The van der Waals surface area contributed by atoms with Gasteiger partial charge in [0.2, 0.25) is 0 Å². The largest absolute Gasteiger partial charge is 0.323 e. The van der Waals surface area contributed by atoms with E-state index < -0.39 is 0 Å². The molecule has 0 spiro atoms. The van der Waals surface area contributed by atoms with Crippen LogP contribution in [0.2, 0.25) is 0 Å². The van der Waals surface area contributed by atoms with Crippen molar-refractivity contribution in [2.75, 3.05) is 0 Å². The number of nitrogens with zero attached hydrogens (tertiary/aromatic N) is 1. The molecule has 0 heterocycles. The molecule has 0 aromatic heterocycles. The Balaban J connectivity index is 2.76. The molecule has 0 saturated heterocycles. The van der Waals surface area contributed by atoms with Gasteiger partial charge in [-0.05, 0) is 17.7 Å².